The topological polar surface area (TPSA) is 113 Å². The molecule has 3 rings (SSSR count). The highest BCUT2D eigenvalue weighted by Crippen LogP contribution is 2.31. The fourth-order valence-corrected chi connectivity index (χ4v) is 4.41. The van der Waals surface area contributed by atoms with Gasteiger partial charge in [0.25, 0.3) is 10.0 Å². The molecule has 0 aliphatic carbocycles. The van der Waals surface area contributed by atoms with Crippen LogP contribution >= 0.6 is 11.6 Å². The normalized spacial score (nSPS) is 11.2. The van der Waals surface area contributed by atoms with Gasteiger partial charge >= 0.3 is 5.97 Å². The van der Waals surface area contributed by atoms with Crippen LogP contribution in [0.5, 0.6) is 5.75 Å². The smallest absolute Gasteiger partial charge is 0.335 e. The maximum Gasteiger partial charge on any atom is 0.335 e. The van der Waals surface area contributed by atoms with E-state index in [0.717, 1.165) is 0 Å². The van der Waals surface area contributed by atoms with E-state index < -0.39 is 16.0 Å². The molecule has 3 aromatic rings. The molecule has 9 heteroatoms. The molecule has 0 atom stereocenters. The number of rotatable bonds is 9. The van der Waals surface area contributed by atoms with Crippen LogP contribution in [-0.4, -0.2) is 31.2 Å². The first-order valence-corrected chi connectivity index (χ1v) is 11.1. The zero-order valence-electron chi connectivity index (χ0n) is 16.3. The number of benzene rings is 3. The van der Waals surface area contributed by atoms with Crippen molar-refractivity contribution < 1.29 is 28.2 Å². The molecule has 162 valence electrons. The summed E-state index contributed by atoms with van der Waals surface area (Å²) in [5, 5.41) is 18.5. The summed E-state index contributed by atoms with van der Waals surface area (Å²) in [5.74, 6) is -0.765. The number of halogens is 1. The van der Waals surface area contributed by atoms with Gasteiger partial charge in [-0.2, -0.15) is 0 Å². The molecule has 0 saturated heterocycles. The van der Waals surface area contributed by atoms with Crippen molar-refractivity contribution >= 4 is 33.3 Å². The van der Waals surface area contributed by atoms with Gasteiger partial charge in [-0.3, -0.25) is 4.72 Å². The summed E-state index contributed by atoms with van der Waals surface area (Å²) in [5.41, 5.74) is 1.52. The Balaban J connectivity index is 1.84. The van der Waals surface area contributed by atoms with Crippen molar-refractivity contribution in [1.29, 1.82) is 0 Å². The number of nitrogens with one attached hydrogen (secondary N) is 1. The van der Waals surface area contributed by atoms with Crippen molar-refractivity contribution in [3.05, 3.63) is 88.4 Å². The number of aliphatic hydroxyl groups is 1. The van der Waals surface area contributed by atoms with Crippen LogP contribution in [0.15, 0.2) is 71.6 Å². The first-order valence-electron chi connectivity index (χ1n) is 9.26. The van der Waals surface area contributed by atoms with Gasteiger partial charge in [0.15, 0.2) is 0 Å². The Hall–Kier alpha value is -3.07. The molecule has 3 aromatic carbocycles. The summed E-state index contributed by atoms with van der Waals surface area (Å²) < 4.78 is 34.3. The van der Waals surface area contributed by atoms with Crippen LogP contribution in [0.4, 0.5) is 5.69 Å². The van der Waals surface area contributed by atoms with E-state index in [2.05, 4.69) is 4.72 Å². The lowest BCUT2D eigenvalue weighted by Gasteiger charge is -2.16. The molecule has 0 amide bonds. The molecule has 0 aliphatic heterocycles. The van der Waals surface area contributed by atoms with E-state index in [1.807, 2.05) is 0 Å². The van der Waals surface area contributed by atoms with Gasteiger partial charge in [0, 0.05) is 11.6 Å². The summed E-state index contributed by atoms with van der Waals surface area (Å²) in [7, 11) is -3.97. The van der Waals surface area contributed by atoms with Gasteiger partial charge in [-0.05, 0) is 53.9 Å². The number of carbonyl (C=O) groups is 1. The minimum Gasteiger partial charge on any atom is -0.487 e. The minimum atomic E-state index is -3.97. The number of sulfonamides is 1. The van der Waals surface area contributed by atoms with E-state index in [4.69, 9.17) is 21.4 Å². The monoisotopic (exact) mass is 461 g/mol. The average Bonchev–Trinajstić information content (AvgIpc) is 2.74. The van der Waals surface area contributed by atoms with Crippen LogP contribution < -0.4 is 9.46 Å². The lowest BCUT2D eigenvalue weighted by Crippen LogP contribution is -2.16. The van der Waals surface area contributed by atoms with Crippen LogP contribution in [0.2, 0.25) is 5.02 Å². The number of ether oxygens (including phenoxy) is 1. The molecular weight excluding hydrogens is 442 g/mol. The number of aliphatic hydroxyl groups excluding tert-OH is 1. The molecule has 0 radical (unpaired) electrons. The molecule has 0 spiro atoms. The zero-order chi connectivity index (χ0) is 22.4. The second-order valence-corrected chi connectivity index (χ2v) is 8.71. The highest BCUT2D eigenvalue weighted by atomic mass is 35.5. The minimum absolute atomic E-state index is 0.0548. The maximum atomic E-state index is 13.0. The Morgan fingerprint density at radius 1 is 1.03 bits per heavy atom. The van der Waals surface area contributed by atoms with Gasteiger partial charge in [0.05, 0.1) is 16.1 Å². The summed E-state index contributed by atoms with van der Waals surface area (Å²) in [6.45, 7) is -0.0872. The van der Waals surface area contributed by atoms with E-state index in [9.17, 15) is 18.3 Å². The third-order valence-corrected chi connectivity index (χ3v) is 6.13. The standard InChI is InChI=1S/C22H20ClNO6S/c23-18-9-10-20(30-14-15-5-7-17(8-6-15)22(26)27)19(13-18)24-31(28,29)21-4-2-1-3-16(21)11-12-25/h1-10,13,24-25H,11-12,14H2,(H,26,27). The Morgan fingerprint density at radius 2 is 1.74 bits per heavy atom. The van der Waals surface area contributed by atoms with Gasteiger partial charge in [0.2, 0.25) is 0 Å². The molecule has 0 saturated carbocycles. The number of hydrogen-bond donors (Lipinski definition) is 3. The van der Waals surface area contributed by atoms with Gasteiger partial charge in [-0.25, -0.2) is 13.2 Å². The highest BCUT2D eigenvalue weighted by Gasteiger charge is 2.20. The Labute approximate surface area is 184 Å². The maximum absolute atomic E-state index is 13.0. The quantitative estimate of drug-likeness (QED) is 0.444. The summed E-state index contributed by atoms with van der Waals surface area (Å²) in [6.07, 6.45) is 0.197. The third-order valence-electron chi connectivity index (χ3n) is 4.42. The fourth-order valence-electron chi connectivity index (χ4n) is 2.91. The van der Waals surface area contributed by atoms with E-state index in [1.54, 1.807) is 42.5 Å². The number of hydrogen-bond acceptors (Lipinski definition) is 5. The van der Waals surface area contributed by atoms with Gasteiger partial charge in [0.1, 0.15) is 12.4 Å². The lowest BCUT2D eigenvalue weighted by molar-refractivity contribution is 0.0697. The van der Waals surface area contributed by atoms with Gasteiger partial charge < -0.3 is 14.9 Å². The van der Waals surface area contributed by atoms with Crippen molar-refractivity contribution in [2.75, 3.05) is 11.3 Å². The Bertz CT molecular complexity index is 1180. The first-order chi connectivity index (χ1) is 14.8. The summed E-state index contributed by atoms with van der Waals surface area (Å²) >= 11 is 6.06. The molecule has 0 unspecified atom stereocenters. The van der Waals surface area contributed by atoms with Crippen LogP contribution in [-0.2, 0) is 23.1 Å². The van der Waals surface area contributed by atoms with Crippen LogP contribution in [0, 0.1) is 0 Å². The van der Waals surface area contributed by atoms with Crippen molar-refractivity contribution in [3.8, 4) is 5.75 Å². The summed E-state index contributed by atoms with van der Waals surface area (Å²) in [4.78, 5) is 11.0. The average molecular weight is 462 g/mol. The van der Waals surface area contributed by atoms with E-state index in [-0.39, 0.29) is 41.5 Å². The predicted octanol–water partition coefficient (Wildman–Crippen LogP) is 3.95. The number of carboxylic acids is 1. The van der Waals surface area contributed by atoms with Crippen molar-refractivity contribution in [2.45, 2.75) is 17.9 Å². The van der Waals surface area contributed by atoms with Gasteiger partial charge in [-0.1, -0.05) is 41.9 Å². The molecule has 31 heavy (non-hydrogen) atoms. The molecule has 0 aliphatic rings. The molecule has 0 aromatic heterocycles. The molecule has 0 bridgehead atoms. The van der Waals surface area contributed by atoms with E-state index in [0.29, 0.717) is 16.1 Å². The number of aromatic carboxylic acids is 1. The van der Waals surface area contributed by atoms with Crippen molar-refractivity contribution in [2.24, 2.45) is 0 Å². The van der Waals surface area contributed by atoms with Crippen molar-refractivity contribution in [1.82, 2.24) is 0 Å². The molecule has 3 N–H and O–H groups in total. The van der Waals surface area contributed by atoms with Crippen LogP contribution in [0.1, 0.15) is 21.5 Å². The second kappa shape index (κ2) is 9.82. The SMILES string of the molecule is O=C(O)c1ccc(COc2ccc(Cl)cc2NS(=O)(=O)c2ccccc2CCO)cc1. The third kappa shape index (κ3) is 5.75. The van der Waals surface area contributed by atoms with Gasteiger partial charge in [-0.15, -0.1) is 0 Å². The van der Waals surface area contributed by atoms with E-state index in [1.165, 1.54) is 24.3 Å². The number of carboxylic acid groups (broad SMARTS) is 1. The molecule has 0 heterocycles. The van der Waals surface area contributed by atoms with Crippen LogP contribution in [0.25, 0.3) is 0 Å². The summed E-state index contributed by atoms with van der Waals surface area (Å²) in [6, 6.07) is 17.1. The zero-order valence-corrected chi connectivity index (χ0v) is 17.9. The fraction of sp³-hybridized carbons (Fsp3) is 0.136. The lowest BCUT2D eigenvalue weighted by atomic mass is 10.1. The first kappa shape index (κ1) is 22.6. The molecule has 7 nitrogen and oxygen atoms in total. The Kier molecular flexibility index (Phi) is 7.17. The highest BCUT2D eigenvalue weighted by molar-refractivity contribution is 7.92. The second-order valence-electron chi connectivity index (χ2n) is 6.62. The largest absolute Gasteiger partial charge is 0.487 e. The van der Waals surface area contributed by atoms with Crippen LogP contribution in [0.3, 0.4) is 0 Å². The van der Waals surface area contributed by atoms with E-state index >= 15 is 0 Å². The van der Waals surface area contributed by atoms with Crippen molar-refractivity contribution in [3.63, 3.8) is 0 Å². The molecule has 0 fully saturated rings. The molecular formula is C22H20ClNO6S. The predicted molar refractivity (Wildman–Crippen MR) is 117 cm³/mol. The number of anilines is 1. The Morgan fingerprint density at radius 3 is 2.42 bits per heavy atom.